The van der Waals surface area contributed by atoms with Gasteiger partial charge in [-0.25, -0.2) is 0 Å². The van der Waals surface area contributed by atoms with Crippen LogP contribution in [-0.2, 0) is 4.79 Å². The predicted molar refractivity (Wildman–Crippen MR) is 39.8 cm³/mol. The molecule has 5 heteroatoms. The molecule has 1 rings (SSSR count). The average molecular weight is 154 g/mol. The molecule has 1 aliphatic rings. The lowest BCUT2D eigenvalue weighted by molar-refractivity contribution is -0.123. The van der Waals surface area contributed by atoms with Crippen LogP contribution < -0.4 is 5.32 Å². The third-order valence-electron chi connectivity index (χ3n) is 1.69. The summed E-state index contributed by atoms with van der Waals surface area (Å²) in [5, 5.41) is 6.14. The molecule has 0 spiro atoms. The molecule has 11 heavy (non-hydrogen) atoms. The first-order valence-corrected chi connectivity index (χ1v) is 3.63. The van der Waals surface area contributed by atoms with Gasteiger partial charge in [0.1, 0.15) is 0 Å². The van der Waals surface area contributed by atoms with Crippen molar-refractivity contribution >= 4 is 5.91 Å². The van der Waals surface area contributed by atoms with Crippen molar-refractivity contribution in [2.45, 2.75) is 25.3 Å². The van der Waals surface area contributed by atoms with Crippen LogP contribution in [0.2, 0.25) is 0 Å². The van der Waals surface area contributed by atoms with E-state index in [0.29, 0.717) is 13.0 Å². The summed E-state index contributed by atoms with van der Waals surface area (Å²) in [6.07, 6.45) is 2.43. The molecule has 1 amide bonds. The summed E-state index contributed by atoms with van der Waals surface area (Å²) in [6.45, 7) is 0.377. The number of azide groups is 1. The molecule has 5 nitrogen and oxygen atoms in total. The van der Waals surface area contributed by atoms with Crippen molar-refractivity contribution in [3.8, 4) is 0 Å². The highest BCUT2D eigenvalue weighted by Gasteiger charge is 2.16. The van der Waals surface area contributed by atoms with Crippen molar-refractivity contribution < 1.29 is 4.79 Å². The smallest absolute Gasteiger partial charge is 0.220 e. The van der Waals surface area contributed by atoms with Crippen LogP contribution in [-0.4, -0.2) is 18.5 Å². The van der Waals surface area contributed by atoms with E-state index in [0.717, 1.165) is 12.8 Å². The highest BCUT2D eigenvalue weighted by atomic mass is 16.1. The number of hydrogen-bond donors (Lipinski definition) is 1. The second-order valence-electron chi connectivity index (χ2n) is 2.57. The van der Waals surface area contributed by atoms with Crippen molar-refractivity contribution in [3.63, 3.8) is 0 Å². The number of rotatable bonds is 2. The number of piperidine rings is 1. The zero-order valence-corrected chi connectivity index (χ0v) is 6.16. The SMILES string of the molecule is [N-]=[N+]=NCC1CCCC(=O)N1. The van der Waals surface area contributed by atoms with Gasteiger partial charge in [-0.1, -0.05) is 5.11 Å². The fourth-order valence-electron chi connectivity index (χ4n) is 1.15. The lowest BCUT2D eigenvalue weighted by Crippen LogP contribution is -2.40. The Labute approximate surface area is 64.4 Å². The molecular formula is C6H10N4O. The molecule has 0 aromatic rings. The van der Waals surface area contributed by atoms with Gasteiger partial charge < -0.3 is 5.32 Å². The van der Waals surface area contributed by atoms with E-state index in [1.165, 1.54) is 0 Å². The molecule has 1 saturated heterocycles. The number of hydrogen-bond acceptors (Lipinski definition) is 2. The summed E-state index contributed by atoms with van der Waals surface area (Å²) in [6, 6.07) is 0.0622. The Morgan fingerprint density at radius 2 is 2.64 bits per heavy atom. The molecule has 1 fully saturated rings. The quantitative estimate of drug-likeness (QED) is 0.359. The Morgan fingerprint density at radius 3 is 3.27 bits per heavy atom. The number of nitrogens with zero attached hydrogens (tertiary/aromatic N) is 3. The maximum Gasteiger partial charge on any atom is 0.220 e. The van der Waals surface area contributed by atoms with E-state index in [1.54, 1.807) is 0 Å². The van der Waals surface area contributed by atoms with Crippen molar-refractivity contribution in [2.75, 3.05) is 6.54 Å². The third kappa shape index (κ3) is 2.47. The minimum Gasteiger partial charge on any atom is -0.353 e. The van der Waals surface area contributed by atoms with E-state index in [1.807, 2.05) is 0 Å². The van der Waals surface area contributed by atoms with Gasteiger partial charge in [0, 0.05) is 23.9 Å². The zero-order chi connectivity index (χ0) is 8.10. The van der Waals surface area contributed by atoms with E-state index in [4.69, 9.17) is 5.53 Å². The summed E-state index contributed by atoms with van der Waals surface area (Å²) in [7, 11) is 0. The van der Waals surface area contributed by atoms with Crippen LogP contribution >= 0.6 is 0 Å². The van der Waals surface area contributed by atoms with E-state index in [2.05, 4.69) is 15.3 Å². The van der Waals surface area contributed by atoms with Gasteiger partial charge in [-0.15, -0.1) is 0 Å². The fourth-order valence-corrected chi connectivity index (χ4v) is 1.15. The van der Waals surface area contributed by atoms with Gasteiger partial charge >= 0.3 is 0 Å². The summed E-state index contributed by atoms with van der Waals surface area (Å²) in [5.74, 6) is 0.0642. The van der Waals surface area contributed by atoms with Gasteiger partial charge in [-0.2, -0.15) is 0 Å². The van der Waals surface area contributed by atoms with Crippen LogP contribution in [0.1, 0.15) is 19.3 Å². The van der Waals surface area contributed by atoms with E-state index >= 15 is 0 Å². The minimum atomic E-state index is 0.0622. The van der Waals surface area contributed by atoms with Crippen molar-refractivity contribution in [1.82, 2.24) is 5.32 Å². The van der Waals surface area contributed by atoms with Crippen LogP contribution in [0, 0.1) is 0 Å². The molecule has 0 bridgehead atoms. The maximum atomic E-state index is 10.8. The van der Waals surface area contributed by atoms with Gasteiger partial charge in [0.15, 0.2) is 0 Å². The van der Waals surface area contributed by atoms with Gasteiger partial charge in [-0.3, -0.25) is 4.79 Å². The molecule has 60 valence electrons. The van der Waals surface area contributed by atoms with Gasteiger partial charge in [0.25, 0.3) is 0 Å². The minimum absolute atomic E-state index is 0.0622. The lowest BCUT2D eigenvalue weighted by atomic mass is 10.1. The average Bonchev–Trinajstić information content (AvgIpc) is 2.01. The summed E-state index contributed by atoms with van der Waals surface area (Å²) in [4.78, 5) is 13.4. The van der Waals surface area contributed by atoms with Crippen LogP contribution in [0.25, 0.3) is 10.4 Å². The second-order valence-corrected chi connectivity index (χ2v) is 2.57. The van der Waals surface area contributed by atoms with E-state index < -0.39 is 0 Å². The second kappa shape index (κ2) is 3.83. The molecule has 0 aliphatic carbocycles. The summed E-state index contributed by atoms with van der Waals surface area (Å²) < 4.78 is 0. The molecule has 1 heterocycles. The van der Waals surface area contributed by atoms with Crippen LogP contribution in [0.3, 0.4) is 0 Å². The Morgan fingerprint density at radius 1 is 1.82 bits per heavy atom. The van der Waals surface area contributed by atoms with Crippen molar-refractivity contribution in [1.29, 1.82) is 0 Å². The molecule has 0 aromatic carbocycles. The number of carbonyl (C=O) groups excluding carboxylic acids is 1. The molecule has 1 unspecified atom stereocenters. The van der Waals surface area contributed by atoms with Gasteiger partial charge in [0.05, 0.1) is 0 Å². The number of nitrogens with one attached hydrogen (secondary N) is 1. The highest BCUT2D eigenvalue weighted by Crippen LogP contribution is 2.07. The lowest BCUT2D eigenvalue weighted by Gasteiger charge is -2.20. The third-order valence-corrected chi connectivity index (χ3v) is 1.69. The molecule has 1 aliphatic heterocycles. The van der Waals surface area contributed by atoms with Gasteiger partial charge in [-0.05, 0) is 18.4 Å². The Kier molecular flexibility index (Phi) is 2.74. The molecule has 0 aromatic heterocycles. The van der Waals surface area contributed by atoms with Crippen molar-refractivity contribution in [2.24, 2.45) is 5.11 Å². The van der Waals surface area contributed by atoms with Crippen LogP contribution in [0.15, 0.2) is 5.11 Å². The molecule has 0 radical (unpaired) electrons. The largest absolute Gasteiger partial charge is 0.353 e. The normalized spacial score (nSPS) is 23.6. The standard InChI is InChI=1S/C6H10N4O/c7-10-8-4-5-2-1-3-6(11)9-5/h5H,1-4H2,(H,9,11). The number of carbonyl (C=O) groups is 1. The Bertz CT molecular complexity index is 195. The van der Waals surface area contributed by atoms with E-state index in [9.17, 15) is 4.79 Å². The van der Waals surface area contributed by atoms with Gasteiger partial charge in [0.2, 0.25) is 5.91 Å². The highest BCUT2D eigenvalue weighted by molar-refractivity contribution is 5.76. The predicted octanol–water partition coefficient (Wildman–Crippen LogP) is 0.965. The van der Waals surface area contributed by atoms with E-state index in [-0.39, 0.29) is 11.9 Å². The zero-order valence-electron chi connectivity index (χ0n) is 6.16. The molecule has 0 saturated carbocycles. The summed E-state index contributed by atoms with van der Waals surface area (Å²) in [5.41, 5.74) is 8.01. The first-order valence-electron chi connectivity index (χ1n) is 3.63. The first kappa shape index (κ1) is 7.88. The maximum absolute atomic E-state index is 10.8. The fraction of sp³-hybridized carbons (Fsp3) is 0.833. The molecular weight excluding hydrogens is 144 g/mol. The van der Waals surface area contributed by atoms with Crippen LogP contribution in [0.4, 0.5) is 0 Å². The molecule has 1 N–H and O–H groups in total. The topological polar surface area (TPSA) is 77.9 Å². The molecule has 1 atom stereocenters. The van der Waals surface area contributed by atoms with Crippen LogP contribution in [0.5, 0.6) is 0 Å². The Hall–Kier alpha value is -1.22. The monoisotopic (exact) mass is 154 g/mol. The number of amides is 1. The van der Waals surface area contributed by atoms with Crippen molar-refractivity contribution in [3.05, 3.63) is 10.4 Å². The summed E-state index contributed by atoms with van der Waals surface area (Å²) >= 11 is 0. The Balaban J connectivity index is 2.33. The first-order chi connectivity index (χ1) is 5.33.